The Morgan fingerprint density at radius 1 is 1.00 bits per heavy atom. The Balaban J connectivity index is 1.58. The molecule has 2 unspecified atom stereocenters. The van der Waals surface area contributed by atoms with Crippen molar-refractivity contribution in [3.05, 3.63) is 35.9 Å². The summed E-state index contributed by atoms with van der Waals surface area (Å²) in [5.74, 6) is 1.63. The third-order valence-corrected chi connectivity index (χ3v) is 4.99. The Morgan fingerprint density at radius 2 is 1.74 bits per heavy atom. The highest BCUT2D eigenvalue weighted by atomic mass is 15.2. The lowest BCUT2D eigenvalue weighted by atomic mass is 9.78. The van der Waals surface area contributed by atoms with E-state index in [0.717, 1.165) is 24.9 Å². The Labute approximate surface area is 117 Å². The van der Waals surface area contributed by atoms with E-state index in [9.17, 15) is 0 Å². The van der Waals surface area contributed by atoms with Gasteiger partial charge in [0.1, 0.15) is 0 Å². The van der Waals surface area contributed by atoms with E-state index in [1.54, 1.807) is 0 Å². The van der Waals surface area contributed by atoms with Crippen LogP contribution in [0.3, 0.4) is 0 Å². The molecule has 104 valence electrons. The normalized spacial score (nSPS) is 29.7. The first-order chi connectivity index (χ1) is 9.33. The lowest BCUT2D eigenvalue weighted by molar-refractivity contribution is 0.227. The van der Waals surface area contributed by atoms with Crippen LogP contribution in [0.15, 0.2) is 30.3 Å². The molecule has 0 bridgehead atoms. The number of benzene rings is 1. The van der Waals surface area contributed by atoms with E-state index in [2.05, 4.69) is 35.2 Å². The first kappa shape index (κ1) is 13.1. The Bertz CT molecular complexity index is 384. The first-order valence-electron chi connectivity index (χ1n) is 7.85. The van der Waals surface area contributed by atoms with Crippen molar-refractivity contribution in [1.29, 1.82) is 0 Å². The molecule has 2 fully saturated rings. The van der Waals surface area contributed by atoms with E-state index >= 15 is 0 Å². The van der Waals surface area contributed by atoms with Crippen LogP contribution in [0.5, 0.6) is 0 Å². The predicted molar refractivity (Wildman–Crippen MR) is 79.8 cm³/mol. The van der Waals surface area contributed by atoms with Crippen molar-refractivity contribution in [3.63, 3.8) is 0 Å². The number of likely N-dealkylation sites (tertiary alicyclic amines) is 1. The molecule has 2 nitrogen and oxygen atoms in total. The molecule has 0 amide bonds. The third-order valence-electron chi connectivity index (χ3n) is 4.99. The van der Waals surface area contributed by atoms with Gasteiger partial charge in [0.05, 0.1) is 0 Å². The highest BCUT2D eigenvalue weighted by Gasteiger charge is 2.35. The molecule has 0 spiro atoms. The van der Waals surface area contributed by atoms with Crippen molar-refractivity contribution in [2.75, 3.05) is 13.1 Å². The van der Waals surface area contributed by atoms with Crippen LogP contribution >= 0.6 is 0 Å². The van der Waals surface area contributed by atoms with E-state index in [1.807, 2.05) is 0 Å². The van der Waals surface area contributed by atoms with E-state index in [4.69, 9.17) is 5.73 Å². The van der Waals surface area contributed by atoms with Crippen LogP contribution in [0, 0.1) is 11.8 Å². The number of hydrogen-bond acceptors (Lipinski definition) is 2. The summed E-state index contributed by atoms with van der Waals surface area (Å²) in [6.07, 6.45) is 7.11. The van der Waals surface area contributed by atoms with Gasteiger partial charge in [-0.2, -0.15) is 0 Å². The smallest absolute Gasteiger partial charge is 0.0234 e. The van der Waals surface area contributed by atoms with Gasteiger partial charge in [-0.15, -0.1) is 0 Å². The second kappa shape index (κ2) is 6.06. The average molecular weight is 258 g/mol. The van der Waals surface area contributed by atoms with E-state index < -0.39 is 0 Å². The van der Waals surface area contributed by atoms with Gasteiger partial charge in [-0.05, 0) is 17.4 Å². The van der Waals surface area contributed by atoms with Gasteiger partial charge in [0.25, 0.3) is 0 Å². The molecule has 2 heteroatoms. The van der Waals surface area contributed by atoms with E-state index in [0.29, 0.717) is 6.04 Å². The largest absolute Gasteiger partial charge is 0.326 e. The van der Waals surface area contributed by atoms with Crippen molar-refractivity contribution < 1.29 is 0 Å². The van der Waals surface area contributed by atoms with Crippen LogP contribution in [0.4, 0.5) is 0 Å². The van der Waals surface area contributed by atoms with Gasteiger partial charge >= 0.3 is 0 Å². The zero-order valence-corrected chi connectivity index (χ0v) is 11.8. The molecule has 3 rings (SSSR count). The maximum atomic E-state index is 6.41. The number of rotatable bonds is 3. The first-order valence-corrected chi connectivity index (χ1v) is 7.85. The minimum atomic E-state index is 0.395. The summed E-state index contributed by atoms with van der Waals surface area (Å²) in [6, 6.07) is 11.2. The molecule has 2 aliphatic rings. The molecule has 2 atom stereocenters. The Morgan fingerprint density at radius 3 is 2.47 bits per heavy atom. The SMILES string of the molecule is NC1CN(Cc2ccccc2)CC1C1CCCCC1. The van der Waals surface area contributed by atoms with Crippen LogP contribution in [-0.2, 0) is 6.54 Å². The van der Waals surface area contributed by atoms with Gasteiger partial charge in [-0.1, -0.05) is 62.4 Å². The monoisotopic (exact) mass is 258 g/mol. The van der Waals surface area contributed by atoms with E-state index in [-0.39, 0.29) is 0 Å². The van der Waals surface area contributed by atoms with Gasteiger partial charge in [0.15, 0.2) is 0 Å². The van der Waals surface area contributed by atoms with Gasteiger partial charge in [-0.3, -0.25) is 4.90 Å². The summed E-state index contributed by atoms with van der Waals surface area (Å²) in [7, 11) is 0. The number of nitrogens with zero attached hydrogens (tertiary/aromatic N) is 1. The molecule has 1 aliphatic carbocycles. The van der Waals surface area contributed by atoms with Gasteiger partial charge < -0.3 is 5.73 Å². The summed E-state index contributed by atoms with van der Waals surface area (Å²) < 4.78 is 0. The molecular formula is C17H26N2. The zero-order chi connectivity index (χ0) is 13.1. The molecule has 1 aromatic carbocycles. The summed E-state index contributed by atoms with van der Waals surface area (Å²) >= 11 is 0. The van der Waals surface area contributed by atoms with Crippen molar-refractivity contribution in [3.8, 4) is 0 Å². The highest BCUT2D eigenvalue weighted by Crippen LogP contribution is 2.35. The average Bonchev–Trinajstić information content (AvgIpc) is 2.82. The molecule has 0 radical (unpaired) electrons. The molecule has 2 N–H and O–H groups in total. The highest BCUT2D eigenvalue weighted by molar-refractivity contribution is 5.14. The molecular weight excluding hydrogens is 232 g/mol. The summed E-state index contributed by atoms with van der Waals surface area (Å²) in [6.45, 7) is 3.36. The third kappa shape index (κ3) is 3.18. The van der Waals surface area contributed by atoms with Crippen LogP contribution in [0.25, 0.3) is 0 Å². The lowest BCUT2D eigenvalue weighted by Gasteiger charge is -2.29. The fourth-order valence-electron chi connectivity index (χ4n) is 3.97. The summed E-state index contributed by atoms with van der Waals surface area (Å²) in [5, 5.41) is 0. The van der Waals surface area contributed by atoms with Crippen LogP contribution < -0.4 is 5.73 Å². The quantitative estimate of drug-likeness (QED) is 0.903. The van der Waals surface area contributed by atoms with Crippen molar-refractivity contribution in [1.82, 2.24) is 4.90 Å². The van der Waals surface area contributed by atoms with Crippen molar-refractivity contribution in [2.45, 2.75) is 44.7 Å². The van der Waals surface area contributed by atoms with Gasteiger partial charge in [0.2, 0.25) is 0 Å². The second-order valence-electron chi connectivity index (χ2n) is 6.41. The Kier molecular flexibility index (Phi) is 4.19. The van der Waals surface area contributed by atoms with Gasteiger partial charge in [0, 0.05) is 25.7 Å². The van der Waals surface area contributed by atoms with Crippen LogP contribution in [0.1, 0.15) is 37.7 Å². The minimum absolute atomic E-state index is 0.395. The predicted octanol–water partition coefficient (Wildman–Crippen LogP) is 3.03. The topological polar surface area (TPSA) is 29.3 Å². The fraction of sp³-hybridized carbons (Fsp3) is 0.647. The summed E-state index contributed by atoms with van der Waals surface area (Å²) in [4.78, 5) is 2.55. The number of hydrogen-bond donors (Lipinski definition) is 1. The zero-order valence-electron chi connectivity index (χ0n) is 11.8. The molecule has 1 aliphatic heterocycles. The molecule has 19 heavy (non-hydrogen) atoms. The molecule has 1 heterocycles. The molecule has 1 saturated heterocycles. The second-order valence-corrected chi connectivity index (χ2v) is 6.41. The van der Waals surface area contributed by atoms with Crippen LogP contribution in [0.2, 0.25) is 0 Å². The van der Waals surface area contributed by atoms with E-state index in [1.165, 1.54) is 44.2 Å². The van der Waals surface area contributed by atoms with Crippen molar-refractivity contribution >= 4 is 0 Å². The summed E-state index contributed by atoms with van der Waals surface area (Å²) in [5.41, 5.74) is 7.83. The fourth-order valence-corrected chi connectivity index (χ4v) is 3.97. The van der Waals surface area contributed by atoms with Gasteiger partial charge in [-0.25, -0.2) is 0 Å². The standard InChI is InChI=1S/C17H26N2/c18-17-13-19(11-14-7-3-1-4-8-14)12-16(17)15-9-5-2-6-10-15/h1,3-4,7-8,15-17H,2,5-6,9-13,18H2. The molecule has 0 aromatic heterocycles. The molecule has 1 saturated carbocycles. The maximum Gasteiger partial charge on any atom is 0.0234 e. The maximum absolute atomic E-state index is 6.41. The van der Waals surface area contributed by atoms with Crippen molar-refractivity contribution in [2.24, 2.45) is 17.6 Å². The van der Waals surface area contributed by atoms with Crippen LogP contribution in [-0.4, -0.2) is 24.0 Å². The Hall–Kier alpha value is -0.860. The lowest BCUT2D eigenvalue weighted by Crippen LogP contribution is -2.34. The number of nitrogens with two attached hydrogens (primary N) is 1. The molecule has 1 aromatic rings. The minimum Gasteiger partial charge on any atom is -0.326 e.